The van der Waals surface area contributed by atoms with Gasteiger partial charge in [-0.2, -0.15) is 0 Å². The predicted molar refractivity (Wildman–Crippen MR) is 131 cm³/mol. The standard InChI is InChI=1S/C25H37N3S/c1-9-12-21-22(10-2)28(17-27-21)13-11-14-29-18-15-19(24(3,4)5)23(26)20(16-18)25(6,7)8/h9-10,12,15-17H,2,11,13-14,26H2,1,3-8H3/b12-9-. The number of imidazole rings is 1. The van der Waals surface area contributed by atoms with E-state index in [2.05, 4.69) is 69.8 Å². The Morgan fingerprint density at radius 2 is 1.69 bits per heavy atom. The van der Waals surface area contributed by atoms with Crippen LogP contribution >= 0.6 is 11.8 Å². The summed E-state index contributed by atoms with van der Waals surface area (Å²) in [5.74, 6) is 1.05. The molecule has 1 heterocycles. The number of rotatable bonds is 7. The molecule has 2 aromatic rings. The lowest BCUT2D eigenvalue weighted by Gasteiger charge is -2.29. The van der Waals surface area contributed by atoms with Crippen LogP contribution in [0.25, 0.3) is 12.2 Å². The first-order valence-corrected chi connectivity index (χ1v) is 11.3. The summed E-state index contributed by atoms with van der Waals surface area (Å²) in [5, 5.41) is 0. The van der Waals surface area contributed by atoms with Gasteiger partial charge in [0.15, 0.2) is 0 Å². The van der Waals surface area contributed by atoms with E-state index in [9.17, 15) is 0 Å². The van der Waals surface area contributed by atoms with Crippen molar-refractivity contribution in [2.45, 2.75) is 77.2 Å². The summed E-state index contributed by atoms with van der Waals surface area (Å²) in [7, 11) is 0. The molecular weight excluding hydrogens is 374 g/mol. The van der Waals surface area contributed by atoms with Crippen LogP contribution in [0.15, 0.2) is 36.0 Å². The summed E-state index contributed by atoms with van der Waals surface area (Å²) in [4.78, 5) is 5.79. The van der Waals surface area contributed by atoms with E-state index in [0.717, 1.165) is 35.8 Å². The highest BCUT2D eigenvalue weighted by molar-refractivity contribution is 7.99. The fourth-order valence-electron chi connectivity index (χ4n) is 3.47. The van der Waals surface area contributed by atoms with Gasteiger partial charge >= 0.3 is 0 Å². The van der Waals surface area contributed by atoms with Gasteiger partial charge in [-0.25, -0.2) is 4.98 Å². The molecule has 3 nitrogen and oxygen atoms in total. The second-order valence-electron chi connectivity index (χ2n) is 9.55. The summed E-state index contributed by atoms with van der Waals surface area (Å²) in [6.45, 7) is 20.3. The largest absolute Gasteiger partial charge is 0.398 e. The van der Waals surface area contributed by atoms with E-state index in [1.807, 2.05) is 43.2 Å². The van der Waals surface area contributed by atoms with Crippen LogP contribution in [0.3, 0.4) is 0 Å². The van der Waals surface area contributed by atoms with Crippen LogP contribution in [0.1, 0.15) is 77.4 Å². The molecule has 0 saturated heterocycles. The molecule has 2 rings (SSSR count). The topological polar surface area (TPSA) is 43.8 Å². The van der Waals surface area contributed by atoms with Crippen molar-refractivity contribution in [3.63, 3.8) is 0 Å². The number of hydrogen-bond donors (Lipinski definition) is 1. The Labute approximate surface area is 181 Å². The smallest absolute Gasteiger partial charge is 0.0958 e. The van der Waals surface area contributed by atoms with Gasteiger partial charge in [0.1, 0.15) is 0 Å². The van der Waals surface area contributed by atoms with Crippen LogP contribution in [0.5, 0.6) is 0 Å². The Bertz CT molecular complexity index is 841. The molecule has 0 amide bonds. The minimum Gasteiger partial charge on any atom is -0.398 e. The van der Waals surface area contributed by atoms with Gasteiger partial charge in [-0.1, -0.05) is 54.2 Å². The number of benzene rings is 1. The van der Waals surface area contributed by atoms with Crippen molar-refractivity contribution in [3.8, 4) is 0 Å². The molecule has 29 heavy (non-hydrogen) atoms. The monoisotopic (exact) mass is 411 g/mol. The molecule has 0 atom stereocenters. The molecule has 0 fully saturated rings. The Morgan fingerprint density at radius 1 is 1.10 bits per heavy atom. The lowest BCUT2D eigenvalue weighted by Crippen LogP contribution is -2.20. The molecule has 0 aliphatic heterocycles. The van der Waals surface area contributed by atoms with Crippen LogP contribution in [0.4, 0.5) is 5.69 Å². The molecule has 0 aliphatic carbocycles. The summed E-state index contributed by atoms with van der Waals surface area (Å²) in [6.07, 6.45) is 8.91. The third-order valence-corrected chi connectivity index (χ3v) is 6.07. The zero-order valence-corrected chi connectivity index (χ0v) is 20.0. The highest BCUT2D eigenvalue weighted by atomic mass is 32.2. The fraction of sp³-hybridized carbons (Fsp3) is 0.480. The van der Waals surface area contributed by atoms with Gasteiger partial charge in [-0.3, -0.25) is 0 Å². The van der Waals surface area contributed by atoms with Crippen molar-refractivity contribution < 1.29 is 0 Å². The number of nitrogen functional groups attached to an aromatic ring is 1. The minimum absolute atomic E-state index is 0.0273. The molecule has 0 unspecified atom stereocenters. The zero-order valence-electron chi connectivity index (χ0n) is 19.2. The van der Waals surface area contributed by atoms with E-state index in [1.54, 1.807) is 0 Å². The summed E-state index contributed by atoms with van der Waals surface area (Å²) >= 11 is 1.91. The third kappa shape index (κ3) is 5.79. The molecule has 2 N–H and O–H groups in total. The highest BCUT2D eigenvalue weighted by Gasteiger charge is 2.25. The van der Waals surface area contributed by atoms with Gasteiger partial charge in [-0.15, -0.1) is 11.8 Å². The van der Waals surface area contributed by atoms with Gasteiger partial charge < -0.3 is 10.3 Å². The number of thioether (sulfide) groups is 1. The van der Waals surface area contributed by atoms with Gasteiger partial charge in [0.2, 0.25) is 0 Å². The van der Waals surface area contributed by atoms with Gasteiger partial charge in [0.05, 0.1) is 17.7 Å². The van der Waals surface area contributed by atoms with Crippen LogP contribution in [0, 0.1) is 0 Å². The van der Waals surface area contributed by atoms with Gasteiger partial charge in [0, 0.05) is 17.1 Å². The molecule has 0 bridgehead atoms. The Kier molecular flexibility index (Phi) is 7.45. The summed E-state index contributed by atoms with van der Waals surface area (Å²) in [5.41, 5.74) is 12.1. The number of anilines is 1. The molecule has 0 spiro atoms. The first-order chi connectivity index (χ1) is 13.5. The highest BCUT2D eigenvalue weighted by Crippen LogP contribution is 2.39. The molecule has 0 aliphatic rings. The van der Waals surface area contributed by atoms with Crippen molar-refractivity contribution >= 4 is 29.6 Å². The van der Waals surface area contributed by atoms with Crippen LogP contribution in [-0.4, -0.2) is 15.3 Å². The molecule has 1 aromatic heterocycles. The SMILES string of the molecule is C=Cc1c(/C=C\C)ncn1CCCSc1cc(C(C)(C)C)c(N)c(C(C)(C)C)c1. The summed E-state index contributed by atoms with van der Waals surface area (Å²) in [6, 6.07) is 4.57. The van der Waals surface area contributed by atoms with Crippen LogP contribution in [0.2, 0.25) is 0 Å². The van der Waals surface area contributed by atoms with Crippen molar-refractivity contribution in [1.82, 2.24) is 9.55 Å². The minimum atomic E-state index is 0.0273. The van der Waals surface area contributed by atoms with E-state index in [0.29, 0.717) is 0 Å². The van der Waals surface area contributed by atoms with E-state index in [1.165, 1.54) is 16.0 Å². The maximum absolute atomic E-state index is 6.58. The Morgan fingerprint density at radius 3 is 2.17 bits per heavy atom. The number of allylic oxidation sites excluding steroid dienone is 1. The van der Waals surface area contributed by atoms with E-state index >= 15 is 0 Å². The van der Waals surface area contributed by atoms with Crippen molar-refractivity contribution in [3.05, 3.63) is 53.6 Å². The number of aryl methyl sites for hydroxylation is 1. The second-order valence-corrected chi connectivity index (χ2v) is 10.7. The quantitative estimate of drug-likeness (QED) is 0.305. The molecule has 0 radical (unpaired) electrons. The van der Waals surface area contributed by atoms with Crippen molar-refractivity contribution in [1.29, 1.82) is 0 Å². The van der Waals surface area contributed by atoms with Gasteiger partial charge in [0.25, 0.3) is 0 Å². The average molecular weight is 412 g/mol. The predicted octanol–water partition coefficient (Wildman–Crippen LogP) is 6.92. The van der Waals surface area contributed by atoms with E-state index in [-0.39, 0.29) is 10.8 Å². The fourth-order valence-corrected chi connectivity index (χ4v) is 4.38. The van der Waals surface area contributed by atoms with Crippen molar-refractivity contribution in [2.24, 2.45) is 0 Å². The zero-order chi connectivity index (χ0) is 21.8. The Hall–Kier alpha value is -1.94. The lowest BCUT2D eigenvalue weighted by molar-refractivity contribution is 0.570. The third-order valence-electron chi connectivity index (χ3n) is 5.01. The first-order valence-electron chi connectivity index (χ1n) is 10.4. The number of hydrogen-bond acceptors (Lipinski definition) is 3. The normalized spacial score (nSPS) is 12.7. The molecule has 4 heteroatoms. The number of nitrogens with two attached hydrogens (primary N) is 1. The molecular formula is C25H37N3S. The van der Waals surface area contributed by atoms with Crippen molar-refractivity contribution in [2.75, 3.05) is 11.5 Å². The first kappa shape index (κ1) is 23.3. The summed E-state index contributed by atoms with van der Waals surface area (Å²) < 4.78 is 2.19. The number of aromatic nitrogens is 2. The Balaban J connectivity index is 2.14. The molecule has 1 aromatic carbocycles. The number of nitrogens with zero attached hydrogens (tertiary/aromatic N) is 2. The lowest BCUT2D eigenvalue weighted by atomic mass is 9.79. The second kappa shape index (κ2) is 9.25. The molecule has 158 valence electrons. The maximum Gasteiger partial charge on any atom is 0.0958 e. The van der Waals surface area contributed by atoms with E-state index < -0.39 is 0 Å². The van der Waals surface area contributed by atoms with E-state index in [4.69, 9.17) is 5.73 Å². The van der Waals surface area contributed by atoms with Crippen LogP contribution in [-0.2, 0) is 17.4 Å². The maximum atomic E-state index is 6.58. The average Bonchev–Trinajstić information content (AvgIpc) is 2.99. The molecule has 0 saturated carbocycles. The van der Waals surface area contributed by atoms with Gasteiger partial charge in [-0.05, 0) is 65.3 Å². The van der Waals surface area contributed by atoms with Crippen LogP contribution < -0.4 is 5.73 Å².